The van der Waals surface area contributed by atoms with Crippen LogP contribution < -0.4 is 5.56 Å². The average molecular weight is 232 g/mol. The molecule has 0 aromatic carbocycles. The molecule has 1 saturated heterocycles. The Bertz CT molecular complexity index is 477. The van der Waals surface area contributed by atoms with Crippen LogP contribution in [0, 0.1) is 5.92 Å². The van der Waals surface area contributed by atoms with Crippen LogP contribution in [0.4, 0.5) is 0 Å². The van der Waals surface area contributed by atoms with Crippen molar-refractivity contribution < 1.29 is 0 Å². The number of likely N-dealkylation sites (tertiary alicyclic amines) is 1. The lowest BCUT2D eigenvalue weighted by molar-refractivity contribution is 0.0943. The number of piperidine rings is 1. The maximum absolute atomic E-state index is 11.9. The van der Waals surface area contributed by atoms with Crippen molar-refractivity contribution in [2.45, 2.75) is 38.8 Å². The van der Waals surface area contributed by atoms with E-state index < -0.39 is 0 Å². The Morgan fingerprint density at radius 1 is 1.24 bits per heavy atom. The molecule has 2 bridgehead atoms. The highest BCUT2D eigenvalue weighted by Crippen LogP contribution is 2.35. The van der Waals surface area contributed by atoms with Crippen molar-refractivity contribution in [1.82, 2.24) is 9.47 Å². The molecule has 2 atom stereocenters. The van der Waals surface area contributed by atoms with Gasteiger partial charge in [-0.2, -0.15) is 0 Å². The van der Waals surface area contributed by atoms with Crippen LogP contribution >= 0.6 is 0 Å². The van der Waals surface area contributed by atoms with Gasteiger partial charge in [-0.25, -0.2) is 0 Å². The second kappa shape index (κ2) is 3.98. The number of hydrogen-bond donors (Lipinski definition) is 0. The van der Waals surface area contributed by atoms with E-state index in [1.165, 1.54) is 12.1 Å². The summed E-state index contributed by atoms with van der Waals surface area (Å²) in [6, 6.07) is 6.34. The van der Waals surface area contributed by atoms with Crippen molar-refractivity contribution in [2.75, 3.05) is 13.1 Å². The summed E-state index contributed by atoms with van der Waals surface area (Å²) in [4.78, 5) is 14.4. The molecule has 2 aliphatic rings. The zero-order valence-corrected chi connectivity index (χ0v) is 10.6. The van der Waals surface area contributed by atoms with E-state index in [9.17, 15) is 4.79 Å². The topological polar surface area (TPSA) is 25.2 Å². The minimum atomic E-state index is 0.176. The standard InChI is InChI=1S/C14H20N2O/c1-10(2)15-7-11-6-12(9-15)13-4-3-5-14(17)16(13)8-11/h3-5,10-12H,6-9H2,1-2H3/t11-,12+/m0/s1. The Hall–Kier alpha value is -1.09. The van der Waals surface area contributed by atoms with Gasteiger partial charge in [-0.1, -0.05) is 6.07 Å². The molecular weight excluding hydrogens is 212 g/mol. The van der Waals surface area contributed by atoms with Crippen LogP contribution in [0.2, 0.25) is 0 Å². The second-order valence-electron chi connectivity index (χ2n) is 5.75. The van der Waals surface area contributed by atoms with Gasteiger partial charge in [-0.3, -0.25) is 9.69 Å². The van der Waals surface area contributed by atoms with Crippen LogP contribution in [0.15, 0.2) is 23.0 Å². The van der Waals surface area contributed by atoms with E-state index in [2.05, 4.69) is 24.8 Å². The molecule has 0 radical (unpaired) electrons. The van der Waals surface area contributed by atoms with Gasteiger partial charge in [0.05, 0.1) is 0 Å². The Labute approximate surface area is 102 Å². The minimum absolute atomic E-state index is 0.176. The van der Waals surface area contributed by atoms with Crippen LogP contribution in [0.5, 0.6) is 0 Å². The number of fused-ring (bicyclic) bond motifs is 4. The third-order valence-electron chi connectivity index (χ3n) is 4.24. The fourth-order valence-corrected chi connectivity index (χ4v) is 3.36. The molecule has 17 heavy (non-hydrogen) atoms. The molecular formula is C14H20N2O. The number of pyridine rings is 1. The van der Waals surface area contributed by atoms with Gasteiger partial charge >= 0.3 is 0 Å². The highest BCUT2D eigenvalue weighted by Gasteiger charge is 2.34. The maximum Gasteiger partial charge on any atom is 0.250 e. The fraction of sp³-hybridized carbons (Fsp3) is 0.643. The molecule has 92 valence electrons. The maximum atomic E-state index is 11.9. The first kappa shape index (κ1) is 11.0. The van der Waals surface area contributed by atoms with Crippen molar-refractivity contribution in [3.05, 3.63) is 34.2 Å². The predicted octanol–water partition coefficient (Wildman–Crippen LogP) is 1.68. The number of hydrogen-bond acceptors (Lipinski definition) is 2. The van der Waals surface area contributed by atoms with Crippen molar-refractivity contribution >= 4 is 0 Å². The van der Waals surface area contributed by atoms with Gasteiger partial charge in [0.1, 0.15) is 0 Å². The normalized spacial score (nSPS) is 28.2. The first-order chi connectivity index (χ1) is 8.15. The first-order valence-electron chi connectivity index (χ1n) is 6.59. The average Bonchev–Trinajstić information content (AvgIpc) is 2.30. The minimum Gasteiger partial charge on any atom is -0.312 e. The number of aromatic nitrogens is 1. The molecule has 2 aliphatic heterocycles. The summed E-state index contributed by atoms with van der Waals surface area (Å²) in [5, 5.41) is 0. The van der Waals surface area contributed by atoms with E-state index in [1.54, 1.807) is 6.07 Å². The lowest BCUT2D eigenvalue weighted by atomic mass is 9.82. The summed E-state index contributed by atoms with van der Waals surface area (Å²) in [5.41, 5.74) is 1.43. The highest BCUT2D eigenvalue weighted by molar-refractivity contribution is 5.17. The molecule has 3 nitrogen and oxygen atoms in total. The zero-order chi connectivity index (χ0) is 12.0. The van der Waals surface area contributed by atoms with Crippen LogP contribution in [0.25, 0.3) is 0 Å². The molecule has 0 spiro atoms. The van der Waals surface area contributed by atoms with Gasteiger partial charge in [-0.05, 0) is 32.3 Å². The van der Waals surface area contributed by atoms with Crippen molar-refractivity contribution in [3.63, 3.8) is 0 Å². The van der Waals surface area contributed by atoms with E-state index in [0.29, 0.717) is 17.9 Å². The van der Waals surface area contributed by atoms with Crippen molar-refractivity contribution in [3.8, 4) is 0 Å². The fourth-order valence-electron chi connectivity index (χ4n) is 3.36. The number of rotatable bonds is 1. The van der Waals surface area contributed by atoms with E-state index >= 15 is 0 Å². The SMILES string of the molecule is CC(C)N1C[C@@H]2C[C@H](C1)c1cccc(=O)n1C2. The van der Waals surface area contributed by atoms with E-state index in [0.717, 1.165) is 19.6 Å². The zero-order valence-electron chi connectivity index (χ0n) is 10.6. The van der Waals surface area contributed by atoms with Crippen LogP contribution in [0.1, 0.15) is 31.9 Å². The molecule has 0 aliphatic carbocycles. The monoisotopic (exact) mass is 232 g/mol. The Morgan fingerprint density at radius 3 is 2.82 bits per heavy atom. The summed E-state index contributed by atoms with van der Waals surface area (Å²) in [5.74, 6) is 1.21. The van der Waals surface area contributed by atoms with E-state index in [4.69, 9.17) is 0 Å². The summed E-state index contributed by atoms with van der Waals surface area (Å²) in [6.07, 6.45) is 1.26. The summed E-state index contributed by atoms with van der Waals surface area (Å²) >= 11 is 0. The molecule has 1 aromatic rings. The molecule has 1 fully saturated rings. The Balaban J connectivity index is 1.98. The van der Waals surface area contributed by atoms with Gasteiger partial charge in [0, 0.05) is 43.4 Å². The predicted molar refractivity (Wildman–Crippen MR) is 68.3 cm³/mol. The molecule has 3 heteroatoms. The van der Waals surface area contributed by atoms with E-state index in [1.807, 2.05) is 10.6 Å². The number of nitrogens with zero attached hydrogens (tertiary/aromatic N) is 2. The third-order valence-corrected chi connectivity index (χ3v) is 4.24. The lowest BCUT2D eigenvalue weighted by Gasteiger charge is -2.44. The van der Waals surface area contributed by atoms with Gasteiger partial charge < -0.3 is 4.57 Å². The van der Waals surface area contributed by atoms with Crippen LogP contribution in [0.3, 0.4) is 0 Å². The van der Waals surface area contributed by atoms with Gasteiger partial charge in [0.15, 0.2) is 0 Å². The highest BCUT2D eigenvalue weighted by atomic mass is 16.1. The smallest absolute Gasteiger partial charge is 0.250 e. The van der Waals surface area contributed by atoms with Crippen molar-refractivity contribution in [1.29, 1.82) is 0 Å². The summed E-state index contributed by atoms with van der Waals surface area (Å²) < 4.78 is 2.00. The third kappa shape index (κ3) is 1.82. The van der Waals surface area contributed by atoms with Crippen molar-refractivity contribution in [2.24, 2.45) is 5.92 Å². The van der Waals surface area contributed by atoms with Gasteiger partial charge in [0.25, 0.3) is 5.56 Å². The van der Waals surface area contributed by atoms with Gasteiger partial charge in [-0.15, -0.1) is 0 Å². The molecule has 1 aromatic heterocycles. The lowest BCUT2D eigenvalue weighted by Crippen LogP contribution is -2.49. The summed E-state index contributed by atoms with van der Waals surface area (Å²) in [7, 11) is 0. The molecule has 0 unspecified atom stereocenters. The van der Waals surface area contributed by atoms with Gasteiger partial charge in [0.2, 0.25) is 0 Å². The molecule has 0 saturated carbocycles. The molecule has 0 N–H and O–H groups in total. The quantitative estimate of drug-likeness (QED) is 0.736. The van der Waals surface area contributed by atoms with Crippen LogP contribution in [-0.4, -0.2) is 28.6 Å². The first-order valence-corrected chi connectivity index (χ1v) is 6.59. The summed E-state index contributed by atoms with van der Waals surface area (Å²) in [6.45, 7) is 7.69. The molecule has 3 heterocycles. The van der Waals surface area contributed by atoms with E-state index in [-0.39, 0.29) is 5.56 Å². The molecule has 0 amide bonds. The largest absolute Gasteiger partial charge is 0.312 e. The Kier molecular flexibility index (Phi) is 2.58. The second-order valence-corrected chi connectivity index (χ2v) is 5.75. The van der Waals surface area contributed by atoms with Crippen LogP contribution in [-0.2, 0) is 6.54 Å². The Morgan fingerprint density at radius 2 is 2.06 bits per heavy atom. The molecule has 3 rings (SSSR count).